The number of carbonyl (C=O) groups excluding carboxylic acids is 1. The summed E-state index contributed by atoms with van der Waals surface area (Å²) >= 11 is 3.18. The lowest BCUT2D eigenvalue weighted by molar-refractivity contribution is -0.181. The van der Waals surface area contributed by atoms with E-state index in [0.717, 1.165) is 0 Å². The first kappa shape index (κ1) is 15.1. The number of amides is 1. The maximum Gasteiger partial charge on any atom is 0.335 e. The second-order valence-corrected chi connectivity index (χ2v) is 6.37. The summed E-state index contributed by atoms with van der Waals surface area (Å²) in [5, 5.41) is 9.33. The van der Waals surface area contributed by atoms with Gasteiger partial charge >= 0.3 is 5.97 Å². The van der Waals surface area contributed by atoms with Crippen LogP contribution in [0.25, 0.3) is 0 Å². The van der Waals surface area contributed by atoms with E-state index in [2.05, 4.69) is 15.9 Å². The quantitative estimate of drug-likeness (QED) is 0.888. The Balaban J connectivity index is 2.50. The second-order valence-electron chi connectivity index (χ2n) is 5.59. The number of morpholine rings is 1. The molecule has 0 saturated carbocycles. The van der Waals surface area contributed by atoms with Crippen molar-refractivity contribution in [3.05, 3.63) is 22.6 Å². The number of halogens is 1. The van der Waals surface area contributed by atoms with Gasteiger partial charge in [-0.1, -0.05) is 0 Å². The number of nitrogens with zero attached hydrogens (tertiary/aromatic N) is 1. The standard InChI is InChI=1S/C13H16BrNO5/c1-13(2,3)15-9(16)6-19-11(12(17)18)10(15)7-4-5-8(14)20-7/h4-5,10-11H,6H2,1-3H3,(H,17,18). The van der Waals surface area contributed by atoms with Crippen LogP contribution in [0.3, 0.4) is 0 Å². The topological polar surface area (TPSA) is 80.0 Å². The van der Waals surface area contributed by atoms with Crippen molar-refractivity contribution in [3.63, 3.8) is 0 Å². The highest BCUT2D eigenvalue weighted by Crippen LogP contribution is 2.37. The van der Waals surface area contributed by atoms with Gasteiger partial charge in [-0.3, -0.25) is 4.79 Å². The minimum atomic E-state index is -1.15. The Hall–Kier alpha value is -1.34. The van der Waals surface area contributed by atoms with E-state index in [0.29, 0.717) is 10.4 Å². The molecule has 2 rings (SSSR count). The second kappa shape index (κ2) is 5.21. The SMILES string of the molecule is CC(C)(C)N1C(=O)COC(C(=O)O)C1c1ccc(Br)o1. The number of hydrogen-bond acceptors (Lipinski definition) is 4. The van der Waals surface area contributed by atoms with Gasteiger partial charge in [-0.05, 0) is 48.8 Å². The van der Waals surface area contributed by atoms with Crippen molar-refractivity contribution in [1.29, 1.82) is 0 Å². The molecule has 1 saturated heterocycles. The Bertz CT molecular complexity index is 533. The first-order chi connectivity index (χ1) is 9.21. The highest BCUT2D eigenvalue weighted by molar-refractivity contribution is 9.10. The summed E-state index contributed by atoms with van der Waals surface area (Å²) in [6.07, 6.45) is -1.15. The van der Waals surface area contributed by atoms with Crippen LogP contribution in [0.5, 0.6) is 0 Å². The predicted molar refractivity (Wildman–Crippen MR) is 73.1 cm³/mol. The molecule has 7 heteroatoms. The molecule has 0 spiro atoms. The summed E-state index contributed by atoms with van der Waals surface area (Å²) in [4.78, 5) is 25.1. The first-order valence-corrected chi connectivity index (χ1v) is 6.93. The number of aliphatic carboxylic acids is 1. The third-order valence-corrected chi connectivity index (χ3v) is 3.50. The number of carboxylic acid groups (broad SMARTS) is 1. The van der Waals surface area contributed by atoms with Crippen LogP contribution in [-0.4, -0.2) is 40.1 Å². The van der Waals surface area contributed by atoms with Gasteiger partial charge in [0.2, 0.25) is 5.91 Å². The molecular weight excluding hydrogens is 330 g/mol. The largest absolute Gasteiger partial charge is 0.479 e. The highest BCUT2D eigenvalue weighted by Gasteiger charge is 2.47. The van der Waals surface area contributed by atoms with E-state index in [4.69, 9.17) is 9.15 Å². The molecular formula is C13H16BrNO5. The van der Waals surface area contributed by atoms with Gasteiger partial charge in [0.05, 0.1) is 0 Å². The lowest BCUT2D eigenvalue weighted by Crippen LogP contribution is -2.58. The van der Waals surface area contributed by atoms with E-state index >= 15 is 0 Å². The Labute approximate surface area is 124 Å². The van der Waals surface area contributed by atoms with Crippen LogP contribution >= 0.6 is 15.9 Å². The van der Waals surface area contributed by atoms with Gasteiger partial charge in [0.15, 0.2) is 10.8 Å². The molecule has 110 valence electrons. The molecule has 2 unspecified atom stereocenters. The fraction of sp³-hybridized carbons (Fsp3) is 0.538. The van der Waals surface area contributed by atoms with Crippen molar-refractivity contribution >= 4 is 27.8 Å². The summed E-state index contributed by atoms with van der Waals surface area (Å²) in [5.41, 5.74) is -0.543. The van der Waals surface area contributed by atoms with Gasteiger partial charge < -0.3 is 19.2 Å². The average Bonchev–Trinajstić information content (AvgIpc) is 2.73. The van der Waals surface area contributed by atoms with Gasteiger partial charge in [-0.15, -0.1) is 0 Å². The number of furan rings is 1. The number of carbonyl (C=O) groups is 2. The van der Waals surface area contributed by atoms with Crippen molar-refractivity contribution in [2.45, 2.75) is 38.5 Å². The van der Waals surface area contributed by atoms with Crippen LogP contribution in [0, 0.1) is 0 Å². The van der Waals surface area contributed by atoms with Crippen LogP contribution in [0.2, 0.25) is 0 Å². The monoisotopic (exact) mass is 345 g/mol. The van der Waals surface area contributed by atoms with Crippen LogP contribution in [0.4, 0.5) is 0 Å². The highest BCUT2D eigenvalue weighted by atomic mass is 79.9. The zero-order valence-electron chi connectivity index (χ0n) is 11.4. The molecule has 2 heterocycles. The molecule has 20 heavy (non-hydrogen) atoms. The van der Waals surface area contributed by atoms with E-state index in [-0.39, 0.29) is 12.5 Å². The molecule has 6 nitrogen and oxygen atoms in total. The molecule has 0 bridgehead atoms. The van der Waals surface area contributed by atoms with E-state index < -0.39 is 23.7 Å². The fourth-order valence-electron chi connectivity index (χ4n) is 2.37. The van der Waals surface area contributed by atoms with Gasteiger partial charge in [-0.25, -0.2) is 4.79 Å². The van der Waals surface area contributed by atoms with E-state index in [1.165, 1.54) is 4.90 Å². The van der Waals surface area contributed by atoms with Crippen molar-refractivity contribution in [1.82, 2.24) is 4.90 Å². The summed E-state index contributed by atoms with van der Waals surface area (Å²) in [7, 11) is 0. The first-order valence-electron chi connectivity index (χ1n) is 6.13. The minimum absolute atomic E-state index is 0.243. The number of carboxylic acids is 1. The molecule has 0 aliphatic carbocycles. The lowest BCUT2D eigenvalue weighted by Gasteiger charge is -2.45. The number of rotatable bonds is 2. The summed E-state index contributed by atoms with van der Waals surface area (Å²) in [6, 6.07) is 2.51. The summed E-state index contributed by atoms with van der Waals surface area (Å²) in [6.45, 7) is 5.30. The number of hydrogen-bond donors (Lipinski definition) is 1. The molecule has 1 aromatic heterocycles. The molecule has 0 radical (unpaired) electrons. The predicted octanol–water partition coefficient (Wildman–Crippen LogP) is 2.19. The van der Waals surface area contributed by atoms with Crippen molar-refractivity contribution in [3.8, 4) is 0 Å². The smallest absolute Gasteiger partial charge is 0.335 e. The van der Waals surface area contributed by atoms with Gasteiger partial charge in [0.25, 0.3) is 0 Å². The molecule has 2 atom stereocenters. The van der Waals surface area contributed by atoms with Crippen LogP contribution < -0.4 is 0 Å². The molecule has 0 aromatic carbocycles. The Morgan fingerprint density at radius 2 is 2.10 bits per heavy atom. The maximum atomic E-state index is 12.2. The van der Waals surface area contributed by atoms with Crippen LogP contribution in [0.15, 0.2) is 21.2 Å². The van der Waals surface area contributed by atoms with E-state index in [1.54, 1.807) is 12.1 Å². The third kappa shape index (κ3) is 2.73. The molecule has 1 fully saturated rings. The van der Waals surface area contributed by atoms with Crippen molar-refractivity contribution in [2.75, 3.05) is 6.61 Å². The Morgan fingerprint density at radius 1 is 1.45 bits per heavy atom. The lowest BCUT2D eigenvalue weighted by atomic mass is 9.96. The zero-order valence-corrected chi connectivity index (χ0v) is 13.0. The van der Waals surface area contributed by atoms with Crippen molar-refractivity contribution in [2.24, 2.45) is 0 Å². The van der Waals surface area contributed by atoms with Crippen molar-refractivity contribution < 1.29 is 23.8 Å². The maximum absolute atomic E-state index is 12.2. The van der Waals surface area contributed by atoms with Gasteiger partial charge in [0, 0.05) is 5.54 Å². The summed E-state index contributed by atoms with van der Waals surface area (Å²) < 4.78 is 11.1. The van der Waals surface area contributed by atoms with Gasteiger partial charge in [0.1, 0.15) is 18.4 Å². The Morgan fingerprint density at radius 3 is 2.55 bits per heavy atom. The zero-order chi connectivity index (χ0) is 15.1. The fourth-order valence-corrected chi connectivity index (χ4v) is 2.69. The molecule has 1 aliphatic heterocycles. The number of ether oxygens (including phenoxy) is 1. The van der Waals surface area contributed by atoms with E-state index in [1.807, 2.05) is 20.8 Å². The van der Waals surface area contributed by atoms with Crippen LogP contribution in [0.1, 0.15) is 32.6 Å². The third-order valence-electron chi connectivity index (χ3n) is 3.07. The summed E-state index contributed by atoms with van der Waals surface area (Å²) in [5.74, 6) is -0.996. The molecule has 1 amide bonds. The minimum Gasteiger partial charge on any atom is -0.479 e. The van der Waals surface area contributed by atoms with E-state index in [9.17, 15) is 14.7 Å². The molecule has 1 N–H and O–H groups in total. The normalized spacial score (nSPS) is 24.0. The molecule has 1 aromatic rings. The average molecular weight is 346 g/mol. The molecule has 1 aliphatic rings. The Kier molecular flexibility index (Phi) is 3.93. The van der Waals surface area contributed by atoms with Crippen LogP contribution in [-0.2, 0) is 14.3 Å². The van der Waals surface area contributed by atoms with Gasteiger partial charge in [-0.2, -0.15) is 0 Å².